The van der Waals surface area contributed by atoms with Gasteiger partial charge in [-0.1, -0.05) is 6.07 Å². The minimum Gasteiger partial charge on any atom is -0.322 e. The van der Waals surface area contributed by atoms with Crippen molar-refractivity contribution in [3.63, 3.8) is 0 Å². The number of fused-ring (bicyclic) bond motifs is 2. The van der Waals surface area contributed by atoms with Crippen molar-refractivity contribution in [1.29, 1.82) is 0 Å². The highest BCUT2D eigenvalue weighted by atomic mass is 32.1. The molecule has 1 aliphatic heterocycles. The molecule has 0 atom stereocenters. The number of H-pyrrole nitrogens is 1. The summed E-state index contributed by atoms with van der Waals surface area (Å²) >= 11 is 1.41. The van der Waals surface area contributed by atoms with Crippen LogP contribution in [0.25, 0.3) is 21.0 Å². The molecule has 0 amide bonds. The number of likely N-dealkylation sites (tertiary alicyclic amines) is 1. The Morgan fingerprint density at radius 1 is 1.10 bits per heavy atom. The number of nitrogens with one attached hydrogen (secondary N) is 1. The lowest BCUT2D eigenvalue weighted by molar-refractivity contribution is 0.214. The first-order valence-electron chi connectivity index (χ1n) is 10.9. The fourth-order valence-corrected chi connectivity index (χ4v) is 5.58. The summed E-state index contributed by atoms with van der Waals surface area (Å²) in [5.41, 5.74) is 5.22. The lowest BCUT2D eigenvalue weighted by Gasteiger charge is -2.31. The van der Waals surface area contributed by atoms with Crippen LogP contribution < -0.4 is 5.56 Å². The maximum atomic E-state index is 13.5. The van der Waals surface area contributed by atoms with Crippen LogP contribution in [0.1, 0.15) is 41.1 Å². The van der Waals surface area contributed by atoms with Crippen LogP contribution in [0, 0.1) is 19.7 Å². The van der Waals surface area contributed by atoms with Crippen LogP contribution in [-0.2, 0) is 6.42 Å². The second kappa shape index (κ2) is 8.17. The van der Waals surface area contributed by atoms with Gasteiger partial charge in [-0.3, -0.25) is 4.79 Å². The molecule has 2 aromatic heterocycles. The van der Waals surface area contributed by atoms with E-state index < -0.39 is 0 Å². The third-order valence-electron chi connectivity index (χ3n) is 6.79. The highest BCUT2D eigenvalue weighted by Crippen LogP contribution is 2.34. The maximum absolute atomic E-state index is 13.5. The molecule has 0 aliphatic carbocycles. The van der Waals surface area contributed by atoms with Crippen molar-refractivity contribution in [1.82, 2.24) is 14.3 Å². The first-order chi connectivity index (χ1) is 15.0. The van der Waals surface area contributed by atoms with Crippen LogP contribution in [0.15, 0.2) is 41.2 Å². The first kappa shape index (κ1) is 20.3. The number of rotatable bonds is 4. The lowest BCUT2D eigenvalue weighted by Crippen LogP contribution is -2.34. The molecule has 4 nitrogen and oxygen atoms in total. The molecule has 0 unspecified atom stereocenters. The van der Waals surface area contributed by atoms with E-state index in [2.05, 4.69) is 26.4 Å². The molecule has 160 valence electrons. The van der Waals surface area contributed by atoms with Crippen molar-refractivity contribution in [2.24, 2.45) is 0 Å². The van der Waals surface area contributed by atoms with E-state index in [1.807, 2.05) is 26.0 Å². The van der Waals surface area contributed by atoms with Gasteiger partial charge in [0.15, 0.2) is 0 Å². The molecule has 31 heavy (non-hydrogen) atoms. The second-order valence-corrected chi connectivity index (χ2v) is 9.46. The zero-order valence-electron chi connectivity index (χ0n) is 17.9. The summed E-state index contributed by atoms with van der Waals surface area (Å²) in [5, 5.41) is 2.25. The van der Waals surface area contributed by atoms with Gasteiger partial charge < -0.3 is 9.88 Å². The van der Waals surface area contributed by atoms with E-state index in [4.69, 9.17) is 0 Å². The molecule has 0 spiro atoms. The smallest absolute Gasteiger partial charge is 0.251 e. The lowest BCUT2D eigenvalue weighted by atomic mass is 9.91. The quantitative estimate of drug-likeness (QED) is 0.472. The SMILES string of the molecule is Cc1c(C)c2cc(CCN3CCC(c4nsc5cc(F)ccc45)CC3)ccc2[nH]c1=O. The number of aryl methyl sites for hydroxylation is 1. The van der Waals surface area contributed by atoms with Crippen LogP contribution in [0.4, 0.5) is 4.39 Å². The first-order valence-corrected chi connectivity index (χ1v) is 11.7. The third kappa shape index (κ3) is 3.90. The predicted molar refractivity (Wildman–Crippen MR) is 126 cm³/mol. The van der Waals surface area contributed by atoms with E-state index in [0.29, 0.717) is 5.92 Å². The third-order valence-corrected chi connectivity index (χ3v) is 7.61. The Bertz CT molecular complexity index is 1320. The Balaban J connectivity index is 1.23. The highest BCUT2D eigenvalue weighted by molar-refractivity contribution is 7.13. The number of nitrogens with zero attached hydrogens (tertiary/aromatic N) is 2. The number of aromatic amines is 1. The molecule has 5 rings (SSSR count). The molecule has 0 saturated carbocycles. The fraction of sp³-hybridized carbons (Fsp3) is 0.360. The van der Waals surface area contributed by atoms with Crippen molar-refractivity contribution in [3.05, 3.63) is 75.0 Å². The average molecular weight is 436 g/mol. The minimum absolute atomic E-state index is 0.00125. The molecular formula is C25H26FN3OS. The van der Waals surface area contributed by atoms with Gasteiger partial charge >= 0.3 is 0 Å². The second-order valence-electron chi connectivity index (χ2n) is 8.66. The van der Waals surface area contributed by atoms with Crippen LogP contribution in [0.2, 0.25) is 0 Å². The zero-order valence-corrected chi connectivity index (χ0v) is 18.7. The molecule has 1 aliphatic rings. The van der Waals surface area contributed by atoms with Crippen molar-refractivity contribution in [2.45, 2.75) is 39.0 Å². The summed E-state index contributed by atoms with van der Waals surface area (Å²) in [6.07, 6.45) is 3.18. The minimum atomic E-state index is -0.192. The van der Waals surface area contributed by atoms with Gasteiger partial charge in [-0.15, -0.1) is 0 Å². The molecule has 4 aromatic rings. The van der Waals surface area contributed by atoms with Crippen LogP contribution in [0.3, 0.4) is 0 Å². The van der Waals surface area contributed by atoms with Gasteiger partial charge in [-0.2, -0.15) is 4.37 Å². The highest BCUT2D eigenvalue weighted by Gasteiger charge is 2.24. The van der Waals surface area contributed by atoms with E-state index >= 15 is 0 Å². The summed E-state index contributed by atoms with van der Waals surface area (Å²) in [5.74, 6) is 0.265. The monoisotopic (exact) mass is 435 g/mol. The number of pyridine rings is 1. The molecule has 3 heterocycles. The van der Waals surface area contributed by atoms with Crippen molar-refractivity contribution < 1.29 is 4.39 Å². The standard InChI is InChI=1S/C25H26FN3OS/c1-15-16(2)25(30)27-22-6-3-17(13-21(15)22)7-10-29-11-8-18(9-12-29)24-20-5-4-19(26)14-23(20)31-28-24/h3-6,13-14,18H,7-12H2,1-2H3,(H,27,30). The maximum Gasteiger partial charge on any atom is 0.251 e. The largest absolute Gasteiger partial charge is 0.322 e. The van der Waals surface area contributed by atoms with Gasteiger partial charge in [-0.05, 0) is 99.2 Å². The van der Waals surface area contributed by atoms with E-state index in [1.54, 1.807) is 6.07 Å². The van der Waals surface area contributed by atoms with Crippen molar-refractivity contribution in [2.75, 3.05) is 19.6 Å². The molecule has 0 radical (unpaired) electrons. The van der Waals surface area contributed by atoms with Gasteiger partial charge in [-0.25, -0.2) is 4.39 Å². The van der Waals surface area contributed by atoms with E-state index in [0.717, 1.165) is 76.7 Å². The number of hydrogen-bond donors (Lipinski definition) is 1. The van der Waals surface area contributed by atoms with Crippen molar-refractivity contribution >= 4 is 32.5 Å². The molecule has 6 heteroatoms. The number of hydrogen-bond acceptors (Lipinski definition) is 4. The molecular weight excluding hydrogens is 409 g/mol. The molecule has 0 bridgehead atoms. The number of benzene rings is 2. The topological polar surface area (TPSA) is 49.0 Å². The molecule has 2 aromatic carbocycles. The summed E-state index contributed by atoms with van der Waals surface area (Å²) in [6.45, 7) is 7.06. The van der Waals surface area contributed by atoms with Gasteiger partial charge in [0.2, 0.25) is 0 Å². The number of piperidine rings is 1. The van der Waals surface area contributed by atoms with E-state index in [-0.39, 0.29) is 11.4 Å². The Morgan fingerprint density at radius 3 is 2.71 bits per heavy atom. The zero-order chi connectivity index (χ0) is 21.5. The van der Waals surface area contributed by atoms with E-state index in [1.165, 1.54) is 23.2 Å². The van der Waals surface area contributed by atoms with Crippen molar-refractivity contribution in [3.8, 4) is 0 Å². The normalized spacial score (nSPS) is 15.8. The summed E-state index contributed by atoms with van der Waals surface area (Å²) in [7, 11) is 0. The average Bonchev–Trinajstić information content (AvgIpc) is 3.20. The predicted octanol–water partition coefficient (Wildman–Crippen LogP) is 5.32. The summed E-state index contributed by atoms with van der Waals surface area (Å²) in [6, 6.07) is 11.4. The van der Waals surface area contributed by atoms with Gasteiger partial charge in [0.25, 0.3) is 5.56 Å². The van der Waals surface area contributed by atoms with Crippen LogP contribution in [0.5, 0.6) is 0 Å². The summed E-state index contributed by atoms with van der Waals surface area (Å²) in [4.78, 5) is 17.5. The Labute approximate surface area is 184 Å². The molecule has 1 saturated heterocycles. The Morgan fingerprint density at radius 2 is 1.90 bits per heavy atom. The van der Waals surface area contributed by atoms with Gasteiger partial charge in [0, 0.05) is 34.3 Å². The molecule has 1 fully saturated rings. The number of halogens is 1. The van der Waals surface area contributed by atoms with Crippen LogP contribution >= 0.6 is 11.5 Å². The van der Waals surface area contributed by atoms with Crippen LogP contribution in [-0.4, -0.2) is 33.9 Å². The summed E-state index contributed by atoms with van der Waals surface area (Å²) < 4.78 is 19.1. The molecule has 1 N–H and O–H groups in total. The fourth-order valence-electron chi connectivity index (χ4n) is 4.70. The van der Waals surface area contributed by atoms with Gasteiger partial charge in [0.05, 0.1) is 10.4 Å². The Kier molecular flexibility index (Phi) is 5.36. The number of aromatic nitrogens is 2. The van der Waals surface area contributed by atoms with Gasteiger partial charge in [0.1, 0.15) is 5.82 Å². The Hall–Kier alpha value is -2.57. The van der Waals surface area contributed by atoms with E-state index in [9.17, 15) is 9.18 Å².